The van der Waals surface area contributed by atoms with E-state index >= 15 is 0 Å². The number of piperazine rings is 1. The summed E-state index contributed by atoms with van der Waals surface area (Å²) >= 11 is 0. The van der Waals surface area contributed by atoms with Crippen LogP contribution in [-0.2, 0) is 14.4 Å². The first-order valence-corrected chi connectivity index (χ1v) is 6.47. The van der Waals surface area contributed by atoms with E-state index in [0.29, 0.717) is 6.42 Å². The van der Waals surface area contributed by atoms with Crippen LogP contribution in [0.25, 0.3) is 0 Å². The Morgan fingerprint density at radius 3 is 2.70 bits per heavy atom. The van der Waals surface area contributed by atoms with Crippen LogP contribution in [0.4, 0.5) is 4.79 Å². The average Bonchev–Trinajstić information content (AvgIpc) is 2.37. The third kappa shape index (κ3) is 3.94. The zero-order chi connectivity index (χ0) is 15.3. The molecule has 3 N–H and O–H groups in total. The highest BCUT2D eigenvalue weighted by Gasteiger charge is 2.35. The fourth-order valence-corrected chi connectivity index (χ4v) is 1.91. The van der Waals surface area contributed by atoms with Crippen molar-refractivity contribution in [1.29, 1.82) is 0 Å². The third-order valence-electron chi connectivity index (χ3n) is 3.18. The number of carbonyl (C=O) groups is 4. The molecule has 2 atom stereocenters. The molecule has 1 aliphatic rings. The minimum absolute atomic E-state index is 0.176. The van der Waals surface area contributed by atoms with Crippen LogP contribution in [0.15, 0.2) is 0 Å². The van der Waals surface area contributed by atoms with Crippen LogP contribution in [0.1, 0.15) is 26.7 Å². The molecule has 2 unspecified atom stereocenters. The Bertz CT molecular complexity index is 423. The van der Waals surface area contributed by atoms with Crippen LogP contribution in [0.3, 0.4) is 0 Å². The molecule has 0 aliphatic carbocycles. The van der Waals surface area contributed by atoms with E-state index in [0.717, 1.165) is 0 Å². The molecule has 20 heavy (non-hydrogen) atoms. The number of urea groups is 1. The van der Waals surface area contributed by atoms with Crippen LogP contribution in [0.5, 0.6) is 0 Å². The highest BCUT2D eigenvalue weighted by atomic mass is 16.4. The average molecular weight is 285 g/mol. The van der Waals surface area contributed by atoms with Crippen molar-refractivity contribution in [3.05, 3.63) is 0 Å². The van der Waals surface area contributed by atoms with Gasteiger partial charge in [0.2, 0.25) is 11.8 Å². The second-order valence-corrected chi connectivity index (χ2v) is 4.72. The summed E-state index contributed by atoms with van der Waals surface area (Å²) in [7, 11) is 0. The van der Waals surface area contributed by atoms with Crippen molar-refractivity contribution in [2.45, 2.75) is 32.7 Å². The van der Waals surface area contributed by atoms with Gasteiger partial charge in [0, 0.05) is 6.54 Å². The lowest BCUT2D eigenvalue weighted by molar-refractivity contribution is -0.141. The number of imide groups is 1. The smallest absolute Gasteiger partial charge is 0.318 e. The predicted octanol–water partition coefficient (Wildman–Crippen LogP) is -0.456. The van der Waals surface area contributed by atoms with E-state index in [1.54, 1.807) is 13.8 Å². The van der Waals surface area contributed by atoms with Crippen LogP contribution >= 0.6 is 0 Å². The standard InChI is InChI=1S/C12H19N3O5/c1-3-8-10(17)14-9(16)6-15(8)12(20)13-5-4-7(2)11(18)19/h7-8H,3-6H2,1-2H3,(H,13,20)(H,18,19)(H,14,16,17). The molecule has 0 bridgehead atoms. The summed E-state index contributed by atoms with van der Waals surface area (Å²) in [6.45, 7) is 3.29. The van der Waals surface area contributed by atoms with Gasteiger partial charge in [-0.25, -0.2) is 4.79 Å². The van der Waals surface area contributed by atoms with Crippen molar-refractivity contribution in [2.24, 2.45) is 5.92 Å². The normalized spacial score (nSPS) is 20.3. The number of hydrogen-bond donors (Lipinski definition) is 3. The largest absolute Gasteiger partial charge is 0.481 e. The lowest BCUT2D eigenvalue weighted by atomic mass is 10.1. The van der Waals surface area contributed by atoms with Crippen LogP contribution in [-0.4, -0.2) is 53.0 Å². The van der Waals surface area contributed by atoms with E-state index in [4.69, 9.17) is 5.11 Å². The van der Waals surface area contributed by atoms with Crippen LogP contribution in [0, 0.1) is 5.92 Å². The van der Waals surface area contributed by atoms with E-state index in [1.165, 1.54) is 4.90 Å². The van der Waals surface area contributed by atoms with Crippen molar-refractivity contribution >= 4 is 23.8 Å². The first-order valence-electron chi connectivity index (χ1n) is 6.47. The molecule has 1 rings (SSSR count). The molecule has 1 saturated heterocycles. The molecule has 112 valence electrons. The molecule has 0 radical (unpaired) electrons. The number of hydrogen-bond acceptors (Lipinski definition) is 4. The Morgan fingerprint density at radius 2 is 2.15 bits per heavy atom. The lowest BCUT2D eigenvalue weighted by Gasteiger charge is -2.33. The van der Waals surface area contributed by atoms with Gasteiger partial charge in [-0.1, -0.05) is 13.8 Å². The first kappa shape index (κ1) is 15.9. The Labute approximate surface area is 116 Å². The summed E-state index contributed by atoms with van der Waals surface area (Å²) < 4.78 is 0. The summed E-state index contributed by atoms with van der Waals surface area (Å²) in [5.74, 6) is -2.51. The lowest BCUT2D eigenvalue weighted by Crippen LogP contribution is -2.61. The van der Waals surface area contributed by atoms with Crippen molar-refractivity contribution in [2.75, 3.05) is 13.1 Å². The minimum atomic E-state index is -0.932. The molecule has 0 aromatic carbocycles. The summed E-state index contributed by atoms with van der Waals surface area (Å²) in [5.41, 5.74) is 0. The Hall–Kier alpha value is -2.12. The zero-order valence-electron chi connectivity index (χ0n) is 11.5. The number of nitrogens with one attached hydrogen (secondary N) is 2. The second kappa shape index (κ2) is 6.88. The third-order valence-corrected chi connectivity index (χ3v) is 3.18. The number of nitrogens with zero attached hydrogens (tertiary/aromatic N) is 1. The van der Waals surface area contributed by atoms with E-state index in [2.05, 4.69) is 10.6 Å². The maximum atomic E-state index is 11.9. The van der Waals surface area contributed by atoms with Gasteiger partial charge < -0.3 is 15.3 Å². The summed E-state index contributed by atoms with van der Waals surface area (Å²) in [4.78, 5) is 46.6. The van der Waals surface area contributed by atoms with Gasteiger partial charge in [0.25, 0.3) is 0 Å². The van der Waals surface area contributed by atoms with Crippen molar-refractivity contribution < 1.29 is 24.3 Å². The Morgan fingerprint density at radius 1 is 1.50 bits per heavy atom. The molecule has 0 aromatic heterocycles. The van der Waals surface area contributed by atoms with E-state index < -0.39 is 35.8 Å². The number of amides is 4. The molecular formula is C12H19N3O5. The Kier molecular flexibility index (Phi) is 5.48. The highest BCUT2D eigenvalue weighted by Crippen LogP contribution is 2.09. The molecule has 0 aromatic rings. The molecule has 0 saturated carbocycles. The molecule has 1 aliphatic heterocycles. The van der Waals surface area contributed by atoms with Gasteiger partial charge in [-0.05, 0) is 12.8 Å². The zero-order valence-corrected chi connectivity index (χ0v) is 11.5. The molecule has 1 fully saturated rings. The van der Waals surface area contributed by atoms with E-state index in [9.17, 15) is 19.2 Å². The number of carboxylic acids is 1. The number of carboxylic acid groups (broad SMARTS) is 1. The van der Waals surface area contributed by atoms with E-state index in [-0.39, 0.29) is 19.5 Å². The van der Waals surface area contributed by atoms with E-state index in [1.807, 2.05) is 0 Å². The van der Waals surface area contributed by atoms with Crippen molar-refractivity contribution in [3.8, 4) is 0 Å². The van der Waals surface area contributed by atoms with Crippen LogP contribution in [0.2, 0.25) is 0 Å². The fraction of sp³-hybridized carbons (Fsp3) is 0.667. The topological polar surface area (TPSA) is 116 Å². The fourth-order valence-electron chi connectivity index (χ4n) is 1.91. The second-order valence-electron chi connectivity index (χ2n) is 4.72. The molecule has 0 spiro atoms. The monoisotopic (exact) mass is 285 g/mol. The summed E-state index contributed by atoms with van der Waals surface area (Å²) in [6.07, 6.45) is 0.684. The number of rotatable bonds is 5. The van der Waals surface area contributed by atoms with Crippen molar-refractivity contribution in [1.82, 2.24) is 15.5 Å². The molecule has 4 amide bonds. The van der Waals surface area contributed by atoms with Gasteiger partial charge >= 0.3 is 12.0 Å². The first-order chi connectivity index (χ1) is 9.36. The quantitative estimate of drug-likeness (QED) is 0.591. The van der Waals surface area contributed by atoms with Gasteiger partial charge in [-0.15, -0.1) is 0 Å². The van der Waals surface area contributed by atoms with Gasteiger partial charge in [-0.3, -0.25) is 19.7 Å². The van der Waals surface area contributed by atoms with Crippen LogP contribution < -0.4 is 10.6 Å². The number of aliphatic carboxylic acids is 1. The van der Waals surface area contributed by atoms with Gasteiger partial charge in [-0.2, -0.15) is 0 Å². The maximum Gasteiger partial charge on any atom is 0.318 e. The summed E-state index contributed by atoms with van der Waals surface area (Å²) in [6, 6.07) is -1.21. The minimum Gasteiger partial charge on any atom is -0.481 e. The van der Waals surface area contributed by atoms with Crippen molar-refractivity contribution in [3.63, 3.8) is 0 Å². The maximum absolute atomic E-state index is 11.9. The van der Waals surface area contributed by atoms with Gasteiger partial charge in [0.1, 0.15) is 12.6 Å². The molecular weight excluding hydrogens is 266 g/mol. The predicted molar refractivity (Wildman–Crippen MR) is 68.8 cm³/mol. The van der Waals surface area contributed by atoms with Gasteiger partial charge in [0.15, 0.2) is 0 Å². The van der Waals surface area contributed by atoms with Gasteiger partial charge in [0.05, 0.1) is 5.92 Å². The number of carbonyl (C=O) groups excluding carboxylic acids is 3. The molecule has 8 nitrogen and oxygen atoms in total. The molecule has 1 heterocycles. The summed E-state index contributed by atoms with van der Waals surface area (Å²) in [5, 5.41) is 13.4. The molecule has 8 heteroatoms. The SMILES string of the molecule is CCC1C(=O)NC(=O)CN1C(=O)NCCC(C)C(=O)O. The Balaban J connectivity index is 2.54. The highest BCUT2D eigenvalue weighted by molar-refractivity contribution is 6.04.